The summed E-state index contributed by atoms with van der Waals surface area (Å²) in [7, 11) is 0. The van der Waals surface area contributed by atoms with Crippen LogP contribution in [0.3, 0.4) is 0 Å². The summed E-state index contributed by atoms with van der Waals surface area (Å²) >= 11 is 1.74. The molecule has 2 heterocycles. The maximum absolute atomic E-state index is 3.02. The van der Waals surface area contributed by atoms with Crippen LogP contribution in [0.2, 0.25) is 0 Å². The summed E-state index contributed by atoms with van der Waals surface area (Å²) in [6.45, 7) is 3.02. The maximum atomic E-state index is 3.02. The Morgan fingerprint density at radius 2 is 2.56 bits per heavy atom. The average molecular weight is 135 g/mol. The van der Waals surface area contributed by atoms with Crippen LogP contribution < -0.4 is 5.32 Å². The van der Waals surface area contributed by atoms with E-state index in [2.05, 4.69) is 29.4 Å². The molecule has 2 radical (unpaired) electrons. The molecule has 1 N–H and O–H groups in total. The Labute approximate surface area is 58.0 Å². The minimum absolute atomic E-state index is 1.17. The maximum Gasteiger partial charge on any atom is 0.124 e. The van der Waals surface area contributed by atoms with Crippen molar-refractivity contribution in [3.63, 3.8) is 0 Å². The zero-order valence-corrected chi connectivity index (χ0v) is 5.53. The van der Waals surface area contributed by atoms with Crippen LogP contribution in [0.4, 0.5) is 0 Å². The molecular weight excluding hydrogens is 130 g/mol. The van der Waals surface area contributed by atoms with Gasteiger partial charge in [-0.15, -0.1) is 11.3 Å². The lowest BCUT2D eigenvalue weighted by atomic mass is 10.2. The Balaban J connectivity index is 2.53. The van der Waals surface area contributed by atoms with Gasteiger partial charge in [-0.1, -0.05) is 0 Å². The van der Waals surface area contributed by atoms with Gasteiger partial charge in [0.2, 0.25) is 0 Å². The van der Waals surface area contributed by atoms with Gasteiger partial charge in [-0.2, -0.15) is 0 Å². The lowest BCUT2D eigenvalue weighted by molar-refractivity contribution is 1.08. The summed E-state index contributed by atoms with van der Waals surface area (Å²) < 4.78 is 0. The predicted molar refractivity (Wildman–Crippen MR) is 38.8 cm³/mol. The van der Waals surface area contributed by atoms with Crippen molar-refractivity contribution in [1.82, 2.24) is 5.32 Å². The van der Waals surface area contributed by atoms with E-state index in [0.717, 1.165) is 0 Å². The van der Waals surface area contributed by atoms with Crippen molar-refractivity contribution in [2.24, 2.45) is 0 Å². The number of nitrogens with one attached hydrogen (secondary N) is 1. The van der Waals surface area contributed by atoms with Gasteiger partial charge < -0.3 is 5.32 Å². The van der Waals surface area contributed by atoms with Crippen LogP contribution in [-0.4, -0.2) is 0 Å². The van der Waals surface area contributed by atoms with Gasteiger partial charge in [0.15, 0.2) is 0 Å². The standard InChI is InChI=1S/C7H5NS/c1-3-8-5-6-2-4-9-7(1)6/h1-4,8H. The third-order valence-electron chi connectivity index (χ3n) is 1.22. The van der Waals surface area contributed by atoms with Crippen LogP contribution in [0, 0.1) is 6.54 Å². The first-order valence-electron chi connectivity index (χ1n) is 2.72. The topological polar surface area (TPSA) is 12.0 Å². The van der Waals surface area contributed by atoms with Crippen molar-refractivity contribution < 1.29 is 0 Å². The molecule has 2 heteroatoms. The Hall–Kier alpha value is -0.760. The molecule has 0 amide bonds. The first kappa shape index (κ1) is 5.06. The summed E-state index contributed by atoms with van der Waals surface area (Å²) in [6, 6.07) is 2.05. The fourth-order valence-corrected chi connectivity index (χ4v) is 1.53. The third-order valence-corrected chi connectivity index (χ3v) is 2.10. The molecule has 44 valence electrons. The molecular formula is C7H5NS. The monoisotopic (exact) mass is 135 g/mol. The van der Waals surface area contributed by atoms with Gasteiger partial charge in [0.05, 0.1) is 0 Å². The van der Waals surface area contributed by atoms with Crippen LogP contribution in [-0.2, 0) is 0 Å². The van der Waals surface area contributed by atoms with E-state index in [1.165, 1.54) is 10.4 Å². The van der Waals surface area contributed by atoms with Crippen LogP contribution >= 0.6 is 11.3 Å². The molecule has 0 saturated carbocycles. The molecule has 1 aromatic heterocycles. The molecule has 0 unspecified atom stereocenters. The fraction of sp³-hybridized carbons (Fsp3) is 0. The predicted octanol–water partition coefficient (Wildman–Crippen LogP) is 1.71. The van der Waals surface area contributed by atoms with Crippen LogP contribution in [0.25, 0.3) is 6.08 Å². The molecule has 0 fully saturated rings. The fourth-order valence-electron chi connectivity index (χ4n) is 0.790. The van der Waals surface area contributed by atoms with Gasteiger partial charge in [-0.05, 0) is 23.7 Å². The second kappa shape index (κ2) is 1.88. The van der Waals surface area contributed by atoms with E-state index in [4.69, 9.17) is 0 Å². The average Bonchev–Trinajstić information content (AvgIpc) is 2.33. The molecule has 2 rings (SSSR count). The first-order chi connectivity index (χ1) is 4.47. The van der Waals surface area contributed by atoms with E-state index in [1.54, 1.807) is 11.3 Å². The van der Waals surface area contributed by atoms with E-state index in [0.29, 0.717) is 0 Å². The van der Waals surface area contributed by atoms with Gasteiger partial charge in [-0.3, -0.25) is 0 Å². The molecule has 0 aromatic carbocycles. The summed E-state index contributed by atoms with van der Waals surface area (Å²) in [6.07, 6.45) is 3.94. The Morgan fingerprint density at radius 3 is 3.44 bits per heavy atom. The highest BCUT2D eigenvalue weighted by molar-refractivity contribution is 7.11. The van der Waals surface area contributed by atoms with Crippen LogP contribution in [0.1, 0.15) is 10.4 Å². The highest BCUT2D eigenvalue weighted by atomic mass is 32.1. The molecule has 9 heavy (non-hydrogen) atoms. The molecule has 1 nitrogen and oxygen atoms in total. The lowest BCUT2D eigenvalue weighted by Crippen LogP contribution is -2.04. The zero-order chi connectivity index (χ0) is 6.10. The Morgan fingerprint density at radius 1 is 1.56 bits per heavy atom. The SMILES string of the molecule is [C]1NC=Cc2sccc21. The molecule has 0 spiro atoms. The highest BCUT2D eigenvalue weighted by Crippen LogP contribution is 2.21. The number of thiophene rings is 1. The van der Waals surface area contributed by atoms with E-state index in [-0.39, 0.29) is 0 Å². The van der Waals surface area contributed by atoms with Crippen molar-refractivity contribution in [3.8, 4) is 0 Å². The number of hydrogen-bond donors (Lipinski definition) is 1. The molecule has 0 saturated heterocycles. The molecule has 0 aliphatic carbocycles. The van der Waals surface area contributed by atoms with Gasteiger partial charge >= 0.3 is 0 Å². The van der Waals surface area contributed by atoms with E-state index < -0.39 is 0 Å². The number of fused-ring (bicyclic) bond motifs is 1. The molecule has 1 aliphatic rings. The lowest BCUT2D eigenvalue weighted by Gasteiger charge is -2.02. The zero-order valence-electron chi connectivity index (χ0n) is 4.72. The third kappa shape index (κ3) is 0.754. The number of hydrogen-bond acceptors (Lipinski definition) is 2. The second-order valence-corrected chi connectivity index (χ2v) is 2.75. The van der Waals surface area contributed by atoms with E-state index >= 15 is 0 Å². The Bertz CT molecular complexity index is 237. The van der Waals surface area contributed by atoms with Crippen LogP contribution in [0.15, 0.2) is 17.6 Å². The quantitative estimate of drug-likeness (QED) is 0.571. The summed E-state index contributed by atoms with van der Waals surface area (Å²) in [5, 5.41) is 4.97. The largest absolute Gasteiger partial charge is 0.377 e. The van der Waals surface area contributed by atoms with E-state index in [1.807, 2.05) is 6.20 Å². The van der Waals surface area contributed by atoms with Gasteiger partial charge in [0.25, 0.3) is 0 Å². The number of rotatable bonds is 0. The molecule has 0 bridgehead atoms. The Kier molecular flexibility index (Phi) is 1.06. The van der Waals surface area contributed by atoms with E-state index in [9.17, 15) is 0 Å². The van der Waals surface area contributed by atoms with Gasteiger partial charge in [-0.25, -0.2) is 0 Å². The summed E-state index contributed by atoms with van der Waals surface area (Å²) in [5.41, 5.74) is 1.17. The minimum atomic E-state index is 1.17. The van der Waals surface area contributed by atoms with Crippen LogP contribution in [0.5, 0.6) is 0 Å². The molecule has 0 atom stereocenters. The highest BCUT2D eigenvalue weighted by Gasteiger charge is 2.03. The van der Waals surface area contributed by atoms with Gasteiger partial charge in [0, 0.05) is 10.4 Å². The summed E-state index contributed by atoms with van der Waals surface area (Å²) in [5.74, 6) is 0. The smallest absolute Gasteiger partial charge is 0.124 e. The second-order valence-electron chi connectivity index (χ2n) is 1.80. The molecule has 1 aliphatic heterocycles. The van der Waals surface area contributed by atoms with Crippen molar-refractivity contribution in [2.45, 2.75) is 0 Å². The molecule has 1 aromatic rings. The van der Waals surface area contributed by atoms with Crippen molar-refractivity contribution in [1.29, 1.82) is 0 Å². The summed E-state index contributed by atoms with van der Waals surface area (Å²) in [4.78, 5) is 1.29. The normalized spacial score (nSPS) is 14.7. The van der Waals surface area contributed by atoms with Crippen molar-refractivity contribution in [3.05, 3.63) is 34.6 Å². The first-order valence-corrected chi connectivity index (χ1v) is 3.60. The van der Waals surface area contributed by atoms with Gasteiger partial charge in [0.1, 0.15) is 6.54 Å². The minimum Gasteiger partial charge on any atom is -0.377 e. The van der Waals surface area contributed by atoms with Crippen molar-refractivity contribution >= 4 is 17.4 Å². The van der Waals surface area contributed by atoms with Crippen molar-refractivity contribution in [2.75, 3.05) is 0 Å².